The number of carbonyl (C=O) groups is 1. The largest absolute Gasteiger partial charge is 0.513 e. The van der Waals surface area contributed by atoms with Crippen LogP contribution in [0.15, 0.2) is 54.6 Å². The van der Waals surface area contributed by atoms with Crippen LogP contribution in [0.3, 0.4) is 0 Å². The molecule has 0 amide bonds. The van der Waals surface area contributed by atoms with E-state index in [9.17, 15) is 14.6 Å². The summed E-state index contributed by atoms with van der Waals surface area (Å²) in [5, 5.41) is 12.7. The van der Waals surface area contributed by atoms with Gasteiger partial charge >= 0.3 is 13.7 Å². The van der Waals surface area contributed by atoms with Crippen LogP contribution in [0.5, 0.6) is 11.5 Å². The van der Waals surface area contributed by atoms with Crippen molar-refractivity contribution in [3.63, 3.8) is 0 Å². The van der Waals surface area contributed by atoms with Crippen molar-refractivity contribution in [2.45, 2.75) is 32.9 Å². The van der Waals surface area contributed by atoms with Gasteiger partial charge in [-0.1, -0.05) is 18.2 Å². The molecule has 0 bridgehead atoms. The van der Waals surface area contributed by atoms with Gasteiger partial charge in [-0.3, -0.25) is 14.8 Å². The SMILES string of the molecule is CON(O)c1ccc(O[P@@](=O)(N[C@@H](C)C(=O)OC(C)C)Oc2ccccc2)cc1. The first-order chi connectivity index (χ1) is 13.7. The van der Waals surface area contributed by atoms with E-state index in [2.05, 4.69) is 9.92 Å². The summed E-state index contributed by atoms with van der Waals surface area (Å²) in [5.41, 5.74) is 0.334. The van der Waals surface area contributed by atoms with E-state index in [0.29, 0.717) is 16.7 Å². The van der Waals surface area contributed by atoms with E-state index in [0.717, 1.165) is 0 Å². The number of benzene rings is 2. The lowest BCUT2D eigenvalue weighted by atomic mass is 10.3. The van der Waals surface area contributed by atoms with Crippen LogP contribution in [0.2, 0.25) is 0 Å². The van der Waals surface area contributed by atoms with Crippen LogP contribution in [0.1, 0.15) is 20.8 Å². The number of hydrogen-bond acceptors (Lipinski definition) is 8. The smallest absolute Gasteiger partial charge is 0.462 e. The van der Waals surface area contributed by atoms with E-state index < -0.39 is 19.8 Å². The molecule has 9 nitrogen and oxygen atoms in total. The van der Waals surface area contributed by atoms with Gasteiger partial charge in [0.25, 0.3) is 0 Å². The van der Waals surface area contributed by atoms with E-state index in [-0.39, 0.29) is 11.9 Å². The highest BCUT2D eigenvalue weighted by Gasteiger charge is 2.34. The van der Waals surface area contributed by atoms with Crippen LogP contribution >= 0.6 is 7.75 Å². The molecule has 2 aromatic carbocycles. The Labute approximate surface area is 169 Å². The van der Waals surface area contributed by atoms with Crippen molar-refractivity contribution in [2.24, 2.45) is 0 Å². The van der Waals surface area contributed by atoms with Crippen molar-refractivity contribution in [2.75, 3.05) is 12.3 Å². The molecule has 0 heterocycles. The molecule has 29 heavy (non-hydrogen) atoms. The predicted molar refractivity (Wildman–Crippen MR) is 107 cm³/mol. The second-order valence-corrected chi connectivity index (χ2v) is 7.90. The first-order valence-corrected chi connectivity index (χ1v) is 10.4. The molecule has 0 fully saturated rings. The fourth-order valence-corrected chi connectivity index (χ4v) is 3.72. The summed E-state index contributed by atoms with van der Waals surface area (Å²) in [5.74, 6) is -0.105. The van der Waals surface area contributed by atoms with Gasteiger partial charge < -0.3 is 13.8 Å². The molecule has 0 aliphatic rings. The molecule has 0 spiro atoms. The standard InChI is InChI=1S/C19H25N2O7P/c1-14(2)26-19(22)15(3)20-29(24,27-17-8-6-5-7-9-17)28-18-12-10-16(11-13-18)21(23)25-4/h5-15,23H,1-4H3,(H,20,24)/t15-,29+/m0/s1. The quantitative estimate of drug-likeness (QED) is 0.333. The van der Waals surface area contributed by atoms with Crippen molar-refractivity contribution in [1.29, 1.82) is 0 Å². The molecular weight excluding hydrogens is 399 g/mol. The monoisotopic (exact) mass is 424 g/mol. The third-order valence-corrected chi connectivity index (χ3v) is 5.09. The summed E-state index contributed by atoms with van der Waals surface area (Å²) in [6.45, 7) is 4.93. The number of nitrogens with zero attached hydrogens (tertiary/aromatic N) is 1. The van der Waals surface area contributed by atoms with E-state index >= 15 is 0 Å². The van der Waals surface area contributed by atoms with Gasteiger partial charge in [-0.2, -0.15) is 5.09 Å². The number of nitrogens with one attached hydrogen (secondary N) is 1. The predicted octanol–water partition coefficient (Wildman–Crippen LogP) is 3.94. The number of anilines is 1. The van der Waals surface area contributed by atoms with Crippen LogP contribution in [0, 0.1) is 0 Å². The van der Waals surface area contributed by atoms with Gasteiger partial charge in [-0.15, -0.1) is 5.23 Å². The molecule has 158 valence electrons. The molecule has 0 radical (unpaired) electrons. The number of esters is 1. The second kappa shape index (κ2) is 10.3. The summed E-state index contributed by atoms with van der Waals surface area (Å²) in [4.78, 5) is 16.8. The normalized spacial score (nSPS) is 14.0. The molecule has 0 aromatic heterocycles. The molecule has 10 heteroatoms. The Balaban J connectivity index is 2.22. The van der Waals surface area contributed by atoms with Gasteiger partial charge in [-0.25, -0.2) is 4.57 Å². The highest BCUT2D eigenvalue weighted by Crippen LogP contribution is 2.45. The molecular formula is C19H25N2O7P. The highest BCUT2D eigenvalue weighted by atomic mass is 31.2. The minimum Gasteiger partial charge on any atom is -0.462 e. The molecule has 0 unspecified atom stereocenters. The third-order valence-electron chi connectivity index (χ3n) is 3.48. The molecule has 0 aliphatic carbocycles. The zero-order chi connectivity index (χ0) is 21.4. The van der Waals surface area contributed by atoms with E-state index in [1.54, 1.807) is 44.2 Å². The van der Waals surface area contributed by atoms with Crippen molar-refractivity contribution >= 4 is 19.4 Å². The number of ether oxygens (including phenoxy) is 1. The van der Waals surface area contributed by atoms with Crippen molar-refractivity contribution in [3.8, 4) is 11.5 Å². The Morgan fingerprint density at radius 3 is 2.07 bits per heavy atom. The zero-order valence-electron chi connectivity index (χ0n) is 16.6. The summed E-state index contributed by atoms with van der Waals surface area (Å²) < 4.78 is 29.6. The van der Waals surface area contributed by atoms with Gasteiger partial charge in [0, 0.05) is 0 Å². The lowest BCUT2D eigenvalue weighted by molar-refractivity contribution is -0.149. The number of carbonyl (C=O) groups excluding carboxylic acids is 1. The Morgan fingerprint density at radius 2 is 1.55 bits per heavy atom. The first-order valence-electron chi connectivity index (χ1n) is 8.88. The maximum Gasteiger partial charge on any atom is 0.513 e. The van der Waals surface area contributed by atoms with Gasteiger partial charge in [0.1, 0.15) is 17.5 Å². The molecule has 2 rings (SSSR count). The Bertz CT molecular complexity index is 830. The number of para-hydroxylation sites is 1. The summed E-state index contributed by atoms with van der Waals surface area (Å²) >= 11 is 0. The van der Waals surface area contributed by atoms with Gasteiger partial charge in [-0.05, 0) is 57.2 Å². The first kappa shape index (κ1) is 22.7. The van der Waals surface area contributed by atoms with Crippen LogP contribution in [-0.2, 0) is 18.9 Å². The van der Waals surface area contributed by atoms with Crippen LogP contribution < -0.4 is 19.4 Å². The van der Waals surface area contributed by atoms with E-state index in [4.69, 9.17) is 13.8 Å². The maximum absolute atomic E-state index is 13.4. The Morgan fingerprint density at radius 1 is 1.00 bits per heavy atom. The Hall–Kier alpha value is -2.58. The molecule has 2 atom stereocenters. The molecule has 0 saturated heterocycles. The Kier molecular flexibility index (Phi) is 8.04. The zero-order valence-corrected chi connectivity index (χ0v) is 17.5. The number of rotatable bonds is 10. The summed E-state index contributed by atoms with van der Waals surface area (Å²) in [6.07, 6.45) is -0.322. The fourth-order valence-electron chi connectivity index (χ4n) is 2.19. The summed E-state index contributed by atoms with van der Waals surface area (Å²) in [7, 11) is -2.72. The number of hydrogen-bond donors (Lipinski definition) is 2. The summed E-state index contributed by atoms with van der Waals surface area (Å²) in [6, 6.07) is 13.4. The van der Waals surface area contributed by atoms with Crippen molar-refractivity contribution < 1.29 is 33.2 Å². The van der Waals surface area contributed by atoms with Gasteiger partial charge in [0.2, 0.25) is 0 Å². The van der Waals surface area contributed by atoms with Crippen LogP contribution in [0.25, 0.3) is 0 Å². The highest BCUT2D eigenvalue weighted by molar-refractivity contribution is 7.52. The molecule has 0 aliphatic heterocycles. The average Bonchev–Trinajstić information content (AvgIpc) is 2.67. The maximum atomic E-state index is 13.4. The minimum atomic E-state index is -4.02. The van der Waals surface area contributed by atoms with Crippen LogP contribution in [-0.4, -0.2) is 30.4 Å². The third kappa shape index (κ3) is 7.07. The topological polar surface area (TPSA) is 107 Å². The van der Waals surface area contributed by atoms with Gasteiger partial charge in [0.15, 0.2) is 0 Å². The lowest BCUT2D eigenvalue weighted by Gasteiger charge is -2.23. The van der Waals surface area contributed by atoms with E-state index in [1.165, 1.54) is 38.3 Å². The van der Waals surface area contributed by atoms with Crippen molar-refractivity contribution in [1.82, 2.24) is 5.09 Å². The van der Waals surface area contributed by atoms with Gasteiger partial charge in [0.05, 0.1) is 18.9 Å². The molecule has 2 aromatic rings. The average molecular weight is 424 g/mol. The molecule has 2 N–H and O–H groups in total. The lowest BCUT2D eigenvalue weighted by Crippen LogP contribution is -2.36. The second-order valence-electron chi connectivity index (χ2n) is 6.28. The van der Waals surface area contributed by atoms with E-state index in [1.807, 2.05) is 0 Å². The minimum absolute atomic E-state index is 0.189. The van der Waals surface area contributed by atoms with Crippen LogP contribution in [0.4, 0.5) is 5.69 Å². The fraction of sp³-hybridized carbons (Fsp3) is 0.316. The molecule has 0 saturated carbocycles. The van der Waals surface area contributed by atoms with Crippen molar-refractivity contribution in [3.05, 3.63) is 54.6 Å².